The second kappa shape index (κ2) is 7.03. The number of amides is 1. The van der Waals surface area contributed by atoms with Crippen molar-refractivity contribution < 1.29 is 13.6 Å². The number of halogens is 1. The molecule has 0 saturated carbocycles. The Hall–Kier alpha value is -3.47. The van der Waals surface area contributed by atoms with E-state index in [1.54, 1.807) is 36.4 Å². The standard InChI is InChI=1S/C22H17FN2O2/c1-14-6-8-15(9-7-14)12-21(26)24-16-10-11-20-19(13-16)25-22(27-20)17-4-2-3-5-18(17)23/h2-11,13H,12H2,1H3,(H,24,26). The second-order valence-electron chi connectivity index (χ2n) is 6.39. The zero-order valence-corrected chi connectivity index (χ0v) is 14.7. The molecule has 1 aromatic heterocycles. The molecule has 4 rings (SSSR count). The average molecular weight is 360 g/mol. The summed E-state index contributed by atoms with van der Waals surface area (Å²) in [6.07, 6.45) is 0.289. The van der Waals surface area contributed by atoms with Crippen LogP contribution in [0.25, 0.3) is 22.6 Å². The van der Waals surface area contributed by atoms with E-state index in [1.807, 2.05) is 31.2 Å². The van der Waals surface area contributed by atoms with Crippen molar-refractivity contribution in [2.75, 3.05) is 5.32 Å². The Morgan fingerprint density at radius 2 is 1.85 bits per heavy atom. The summed E-state index contributed by atoms with van der Waals surface area (Å²) in [4.78, 5) is 16.6. The Kier molecular flexibility index (Phi) is 4.42. The van der Waals surface area contributed by atoms with Crippen molar-refractivity contribution in [3.63, 3.8) is 0 Å². The topological polar surface area (TPSA) is 55.1 Å². The average Bonchev–Trinajstić information content (AvgIpc) is 3.07. The predicted octanol–water partition coefficient (Wildman–Crippen LogP) is 5.12. The molecule has 134 valence electrons. The minimum atomic E-state index is -0.393. The number of nitrogens with zero attached hydrogens (tertiary/aromatic N) is 1. The van der Waals surface area contributed by atoms with E-state index in [9.17, 15) is 9.18 Å². The number of aryl methyl sites for hydroxylation is 1. The van der Waals surface area contributed by atoms with Gasteiger partial charge in [-0.05, 0) is 42.8 Å². The van der Waals surface area contributed by atoms with Gasteiger partial charge >= 0.3 is 0 Å². The molecule has 0 fully saturated rings. The van der Waals surface area contributed by atoms with Crippen LogP contribution < -0.4 is 5.32 Å². The van der Waals surface area contributed by atoms with Crippen molar-refractivity contribution in [2.45, 2.75) is 13.3 Å². The maximum Gasteiger partial charge on any atom is 0.230 e. The van der Waals surface area contributed by atoms with Gasteiger partial charge in [0.05, 0.1) is 12.0 Å². The van der Waals surface area contributed by atoms with Gasteiger partial charge in [-0.1, -0.05) is 42.0 Å². The van der Waals surface area contributed by atoms with Crippen LogP contribution in [0.5, 0.6) is 0 Å². The van der Waals surface area contributed by atoms with Crippen molar-refractivity contribution in [2.24, 2.45) is 0 Å². The Morgan fingerprint density at radius 1 is 1.07 bits per heavy atom. The molecule has 27 heavy (non-hydrogen) atoms. The lowest BCUT2D eigenvalue weighted by atomic mass is 10.1. The second-order valence-corrected chi connectivity index (χ2v) is 6.39. The Labute approximate surface area is 155 Å². The first-order valence-electron chi connectivity index (χ1n) is 8.59. The van der Waals surface area contributed by atoms with E-state index in [-0.39, 0.29) is 18.2 Å². The summed E-state index contributed by atoms with van der Waals surface area (Å²) in [5.74, 6) is -0.294. The van der Waals surface area contributed by atoms with E-state index in [2.05, 4.69) is 10.3 Å². The Bertz CT molecular complexity index is 1120. The van der Waals surface area contributed by atoms with Gasteiger partial charge in [0.15, 0.2) is 5.58 Å². The number of hydrogen-bond donors (Lipinski definition) is 1. The molecule has 0 saturated heterocycles. The molecule has 0 aliphatic rings. The molecule has 0 atom stereocenters. The van der Waals surface area contributed by atoms with E-state index in [0.717, 1.165) is 11.1 Å². The van der Waals surface area contributed by atoms with Crippen molar-refractivity contribution in [3.05, 3.63) is 83.7 Å². The van der Waals surface area contributed by atoms with E-state index in [1.165, 1.54) is 6.07 Å². The van der Waals surface area contributed by atoms with Crippen molar-refractivity contribution in [1.82, 2.24) is 4.98 Å². The molecule has 4 nitrogen and oxygen atoms in total. The van der Waals surface area contributed by atoms with Crippen LogP contribution in [0.2, 0.25) is 0 Å². The number of hydrogen-bond acceptors (Lipinski definition) is 3. The normalized spacial score (nSPS) is 10.9. The molecule has 1 amide bonds. The first kappa shape index (κ1) is 17.0. The third-order valence-corrected chi connectivity index (χ3v) is 4.26. The maximum atomic E-state index is 13.9. The van der Waals surface area contributed by atoms with Crippen LogP contribution in [0.15, 0.2) is 71.1 Å². The van der Waals surface area contributed by atoms with E-state index in [0.29, 0.717) is 22.4 Å². The first-order chi connectivity index (χ1) is 13.1. The predicted molar refractivity (Wildman–Crippen MR) is 103 cm³/mol. The number of fused-ring (bicyclic) bond motifs is 1. The molecule has 0 radical (unpaired) electrons. The summed E-state index contributed by atoms with van der Waals surface area (Å²) in [6, 6.07) is 19.3. The molecule has 0 aliphatic heterocycles. The quantitative estimate of drug-likeness (QED) is 0.549. The first-order valence-corrected chi connectivity index (χ1v) is 8.59. The third kappa shape index (κ3) is 3.72. The third-order valence-electron chi connectivity index (χ3n) is 4.26. The number of anilines is 1. The smallest absolute Gasteiger partial charge is 0.230 e. The number of nitrogens with one attached hydrogen (secondary N) is 1. The summed E-state index contributed by atoms with van der Waals surface area (Å²) in [7, 11) is 0. The molecule has 3 aromatic carbocycles. The van der Waals surface area contributed by atoms with E-state index >= 15 is 0 Å². The molecular formula is C22H17FN2O2. The van der Waals surface area contributed by atoms with Gasteiger partial charge in [-0.25, -0.2) is 9.37 Å². The van der Waals surface area contributed by atoms with Crippen LogP contribution in [0.4, 0.5) is 10.1 Å². The van der Waals surface area contributed by atoms with Crippen LogP contribution in [0.1, 0.15) is 11.1 Å². The van der Waals surface area contributed by atoms with Gasteiger partial charge in [-0.3, -0.25) is 4.79 Å². The molecule has 4 aromatic rings. The fourth-order valence-corrected chi connectivity index (χ4v) is 2.85. The van der Waals surface area contributed by atoms with Crippen molar-refractivity contribution in [3.8, 4) is 11.5 Å². The SMILES string of the molecule is Cc1ccc(CC(=O)Nc2ccc3oc(-c4ccccc4F)nc3c2)cc1. The summed E-state index contributed by atoms with van der Waals surface area (Å²) in [6.45, 7) is 2.01. The van der Waals surface area contributed by atoms with Gasteiger partial charge in [0.25, 0.3) is 0 Å². The van der Waals surface area contributed by atoms with Crippen LogP contribution >= 0.6 is 0 Å². The minimum absolute atomic E-state index is 0.115. The molecule has 0 spiro atoms. The van der Waals surface area contributed by atoms with Crippen molar-refractivity contribution in [1.29, 1.82) is 0 Å². The fourth-order valence-electron chi connectivity index (χ4n) is 2.85. The summed E-state index contributed by atoms with van der Waals surface area (Å²) in [5.41, 5.74) is 4.11. The number of rotatable bonds is 4. The lowest BCUT2D eigenvalue weighted by Gasteiger charge is -2.05. The van der Waals surface area contributed by atoms with Crippen molar-refractivity contribution >= 4 is 22.7 Å². The van der Waals surface area contributed by atoms with Gasteiger partial charge in [0.2, 0.25) is 11.8 Å². The lowest BCUT2D eigenvalue weighted by molar-refractivity contribution is -0.115. The van der Waals surface area contributed by atoms with Gasteiger partial charge in [-0.15, -0.1) is 0 Å². The highest BCUT2D eigenvalue weighted by molar-refractivity contribution is 5.94. The van der Waals surface area contributed by atoms with Gasteiger partial charge < -0.3 is 9.73 Å². The number of benzene rings is 3. The zero-order chi connectivity index (χ0) is 18.8. The highest BCUT2D eigenvalue weighted by Gasteiger charge is 2.13. The number of carbonyl (C=O) groups is 1. The Balaban J connectivity index is 1.54. The van der Waals surface area contributed by atoms with Crippen LogP contribution in [0, 0.1) is 12.7 Å². The summed E-state index contributed by atoms with van der Waals surface area (Å²) in [5, 5.41) is 2.86. The van der Waals surface area contributed by atoms with Gasteiger partial charge in [-0.2, -0.15) is 0 Å². The molecule has 0 bridgehead atoms. The van der Waals surface area contributed by atoms with Crippen LogP contribution in [-0.4, -0.2) is 10.9 Å². The lowest BCUT2D eigenvalue weighted by Crippen LogP contribution is -2.14. The van der Waals surface area contributed by atoms with E-state index < -0.39 is 5.82 Å². The van der Waals surface area contributed by atoms with Gasteiger partial charge in [0, 0.05) is 5.69 Å². The van der Waals surface area contributed by atoms with Gasteiger partial charge in [0.1, 0.15) is 11.3 Å². The fraction of sp³-hybridized carbons (Fsp3) is 0.0909. The summed E-state index contributed by atoms with van der Waals surface area (Å²) < 4.78 is 19.6. The monoisotopic (exact) mass is 360 g/mol. The number of carbonyl (C=O) groups excluding carboxylic acids is 1. The largest absolute Gasteiger partial charge is 0.436 e. The van der Waals surface area contributed by atoms with Crippen LogP contribution in [-0.2, 0) is 11.2 Å². The molecule has 5 heteroatoms. The Morgan fingerprint density at radius 3 is 2.63 bits per heavy atom. The molecule has 0 aliphatic carbocycles. The highest BCUT2D eigenvalue weighted by Crippen LogP contribution is 2.27. The molecular weight excluding hydrogens is 343 g/mol. The number of oxazole rings is 1. The van der Waals surface area contributed by atoms with Crippen LogP contribution in [0.3, 0.4) is 0 Å². The van der Waals surface area contributed by atoms with E-state index in [4.69, 9.17) is 4.42 Å². The highest BCUT2D eigenvalue weighted by atomic mass is 19.1. The molecule has 1 heterocycles. The zero-order valence-electron chi connectivity index (χ0n) is 14.7. The maximum absolute atomic E-state index is 13.9. The summed E-state index contributed by atoms with van der Waals surface area (Å²) >= 11 is 0. The number of aromatic nitrogens is 1. The molecule has 0 unspecified atom stereocenters. The minimum Gasteiger partial charge on any atom is -0.436 e. The molecule has 1 N–H and O–H groups in total.